The highest BCUT2D eigenvalue weighted by Gasteiger charge is 2.50. The van der Waals surface area contributed by atoms with Gasteiger partial charge in [0, 0.05) is 0 Å². The molecule has 2 fully saturated rings. The van der Waals surface area contributed by atoms with Crippen molar-refractivity contribution in [2.75, 3.05) is 0 Å². The molecule has 5 nitrogen and oxygen atoms in total. The Labute approximate surface area is 129 Å². The normalized spacial score (nSPS) is 25.9. The van der Waals surface area contributed by atoms with Crippen molar-refractivity contribution in [1.82, 2.24) is 4.90 Å². The molecule has 2 aliphatic rings. The van der Waals surface area contributed by atoms with Gasteiger partial charge in [0.15, 0.2) is 0 Å². The SMILES string of the molecule is NC(=O)CC(c1ccccc1)N1C(=O)[C@H]2CCCC[C@H]2C1=O. The quantitative estimate of drug-likeness (QED) is 0.861. The molecule has 5 heteroatoms. The molecule has 0 radical (unpaired) electrons. The summed E-state index contributed by atoms with van der Waals surface area (Å²) in [6, 6.07) is 8.61. The van der Waals surface area contributed by atoms with Crippen molar-refractivity contribution in [3.63, 3.8) is 0 Å². The average Bonchev–Trinajstić information content (AvgIpc) is 2.78. The van der Waals surface area contributed by atoms with Gasteiger partial charge in [0.25, 0.3) is 0 Å². The number of primary amides is 1. The van der Waals surface area contributed by atoms with Crippen molar-refractivity contribution < 1.29 is 14.4 Å². The Morgan fingerprint density at radius 2 is 1.64 bits per heavy atom. The average molecular weight is 300 g/mol. The summed E-state index contributed by atoms with van der Waals surface area (Å²) in [6.45, 7) is 0. The number of likely N-dealkylation sites (tertiary alicyclic amines) is 1. The van der Waals surface area contributed by atoms with Crippen LogP contribution in [0.3, 0.4) is 0 Å². The number of benzene rings is 1. The van der Waals surface area contributed by atoms with E-state index in [0.29, 0.717) is 0 Å². The fourth-order valence-corrected chi connectivity index (χ4v) is 3.72. The molecule has 1 unspecified atom stereocenters. The van der Waals surface area contributed by atoms with E-state index in [1.165, 1.54) is 4.90 Å². The minimum absolute atomic E-state index is 0.0269. The lowest BCUT2D eigenvalue weighted by atomic mass is 9.81. The van der Waals surface area contributed by atoms with Crippen LogP contribution in [0.15, 0.2) is 30.3 Å². The Morgan fingerprint density at radius 1 is 1.09 bits per heavy atom. The van der Waals surface area contributed by atoms with Crippen molar-refractivity contribution in [2.24, 2.45) is 17.6 Å². The van der Waals surface area contributed by atoms with Crippen molar-refractivity contribution in [1.29, 1.82) is 0 Å². The minimum atomic E-state index is -0.579. The molecule has 0 spiro atoms. The number of nitrogens with two attached hydrogens (primary N) is 1. The highest BCUT2D eigenvalue weighted by molar-refractivity contribution is 6.05. The molecule has 3 atom stereocenters. The zero-order valence-corrected chi connectivity index (χ0v) is 12.4. The smallest absolute Gasteiger partial charge is 0.233 e. The van der Waals surface area contributed by atoms with Gasteiger partial charge < -0.3 is 5.73 Å². The van der Waals surface area contributed by atoms with Crippen LogP contribution in [0.1, 0.15) is 43.7 Å². The lowest BCUT2D eigenvalue weighted by molar-refractivity contribution is -0.143. The highest BCUT2D eigenvalue weighted by Crippen LogP contribution is 2.42. The maximum atomic E-state index is 12.7. The zero-order chi connectivity index (χ0) is 15.7. The van der Waals surface area contributed by atoms with Gasteiger partial charge in [-0.2, -0.15) is 0 Å². The van der Waals surface area contributed by atoms with Gasteiger partial charge in [-0.1, -0.05) is 43.2 Å². The number of carbonyl (C=O) groups excluding carboxylic acids is 3. The molecule has 1 aromatic carbocycles. The van der Waals surface area contributed by atoms with Crippen LogP contribution in [-0.2, 0) is 14.4 Å². The van der Waals surface area contributed by atoms with E-state index in [0.717, 1.165) is 31.2 Å². The number of rotatable bonds is 4. The van der Waals surface area contributed by atoms with Crippen LogP contribution >= 0.6 is 0 Å². The molecule has 1 heterocycles. The maximum absolute atomic E-state index is 12.7. The molecule has 116 valence electrons. The van der Waals surface area contributed by atoms with E-state index in [2.05, 4.69) is 0 Å². The number of carbonyl (C=O) groups is 3. The van der Waals surface area contributed by atoms with Crippen LogP contribution in [0.4, 0.5) is 0 Å². The molecule has 1 saturated carbocycles. The van der Waals surface area contributed by atoms with Crippen LogP contribution in [0.2, 0.25) is 0 Å². The van der Waals surface area contributed by atoms with Gasteiger partial charge in [-0.25, -0.2) is 0 Å². The van der Waals surface area contributed by atoms with Crippen molar-refractivity contribution in [2.45, 2.75) is 38.1 Å². The van der Waals surface area contributed by atoms with Gasteiger partial charge >= 0.3 is 0 Å². The monoisotopic (exact) mass is 300 g/mol. The standard InChI is InChI=1S/C17H20N2O3/c18-15(20)10-14(11-6-2-1-3-7-11)19-16(21)12-8-4-5-9-13(12)17(19)22/h1-3,6-7,12-14H,4-5,8-10H2,(H2,18,20)/t12-,13+,14?. The summed E-state index contributed by atoms with van der Waals surface area (Å²) in [4.78, 5) is 38.1. The zero-order valence-electron chi connectivity index (χ0n) is 12.4. The number of imide groups is 1. The lowest BCUT2D eigenvalue weighted by Gasteiger charge is -2.26. The minimum Gasteiger partial charge on any atom is -0.370 e. The predicted molar refractivity (Wildman–Crippen MR) is 80.3 cm³/mol. The Kier molecular flexibility index (Phi) is 3.96. The number of amides is 3. The van der Waals surface area contributed by atoms with Gasteiger partial charge in [-0.3, -0.25) is 19.3 Å². The molecule has 3 rings (SSSR count). The van der Waals surface area contributed by atoms with E-state index in [4.69, 9.17) is 5.73 Å². The first-order chi connectivity index (χ1) is 10.6. The predicted octanol–water partition coefficient (Wildman–Crippen LogP) is 1.78. The summed E-state index contributed by atoms with van der Waals surface area (Å²) in [5.41, 5.74) is 6.13. The second kappa shape index (κ2) is 5.91. The Hall–Kier alpha value is -2.17. The summed E-state index contributed by atoms with van der Waals surface area (Å²) in [6.07, 6.45) is 3.48. The number of nitrogens with zero attached hydrogens (tertiary/aromatic N) is 1. The van der Waals surface area contributed by atoms with Crippen LogP contribution < -0.4 is 5.73 Å². The van der Waals surface area contributed by atoms with Gasteiger partial charge in [0.1, 0.15) is 0 Å². The third kappa shape index (κ3) is 2.51. The Morgan fingerprint density at radius 3 is 2.14 bits per heavy atom. The van der Waals surface area contributed by atoms with Crippen molar-refractivity contribution in [3.8, 4) is 0 Å². The van der Waals surface area contributed by atoms with E-state index >= 15 is 0 Å². The van der Waals surface area contributed by atoms with Crippen LogP contribution in [0.5, 0.6) is 0 Å². The first kappa shape index (κ1) is 14.8. The lowest BCUT2D eigenvalue weighted by Crippen LogP contribution is -2.37. The maximum Gasteiger partial charge on any atom is 0.233 e. The van der Waals surface area contributed by atoms with E-state index in [1.807, 2.05) is 30.3 Å². The highest BCUT2D eigenvalue weighted by atomic mass is 16.2. The molecule has 1 aliphatic heterocycles. The first-order valence-electron chi connectivity index (χ1n) is 7.79. The fourth-order valence-electron chi connectivity index (χ4n) is 3.72. The third-order valence-electron chi connectivity index (χ3n) is 4.77. The van der Waals surface area contributed by atoms with Crippen molar-refractivity contribution >= 4 is 17.7 Å². The molecule has 3 amide bonds. The molecule has 1 aromatic rings. The van der Waals surface area contributed by atoms with Gasteiger partial charge in [0.2, 0.25) is 17.7 Å². The van der Waals surface area contributed by atoms with Gasteiger partial charge in [-0.15, -0.1) is 0 Å². The van der Waals surface area contributed by atoms with Crippen LogP contribution in [0, 0.1) is 11.8 Å². The topological polar surface area (TPSA) is 80.5 Å². The largest absolute Gasteiger partial charge is 0.370 e. The molecule has 1 aliphatic carbocycles. The molecular weight excluding hydrogens is 280 g/mol. The summed E-state index contributed by atoms with van der Waals surface area (Å²) < 4.78 is 0. The first-order valence-corrected chi connectivity index (χ1v) is 7.79. The van der Waals surface area contributed by atoms with E-state index < -0.39 is 11.9 Å². The van der Waals surface area contributed by atoms with Gasteiger partial charge in [0.05, 0.1) is 24.3 Å². The molecular formula is C17H20N2O3. The summed E-state index contributed by atoms with van der Waals surface area (Å²) in [7, 11) is 0. The van der Waals surface area contributed by atoms with Gasteiger partial charge in [-0.05, 0) is 18.4 Å². The number of hydrogen-bond donors (Lipinski definition) is 1. The Balaban J connectivity index is 1.95. The van der Waals surface area contributed by atoms with E-state index in [-0.39, 0.29) is 30.1 Å². The molecule has 0 aromatic heterocycles. The Bertz CT molecular complexity index is 575. The third-order valence-corrected chi connectivity index (χ3v) is 4.77. The number of hydrogen-bond acceptors (Lipinski definition) is 3. The van der Waals surface area contributed by atoms with Crippen LogP contribution in [-0.4, -0.2) is 22.6 Å². The summed E-state index contributed by atoms with van der Waals surface area (Å²) in [5.74, 6) is -1.19. The van der Waals surface area contributed by atoms with Crippen LogP contribution in [0.25, 0.3) is 0 Å². The summed E-state index contributed by atoms with van der Waals surface area (Å²) in [5, 5.41) is 0. The van der Waals surface area contributed by atoms with E-state index in [9.17, 15) is 14.4 Å². The second-order valence-corrected chi connectivity index (χ2v) is 6.14. The second-order valence-electron chi connectivity index (χ2n) is 6.14. The molecule has 2 N–H and O–H groups in total. The van der Waals surface area contributed by atoms with E-state index in [1.54, 1.807) is 0 Å². The fraction of sp³-hybridized carbons (Fsp3) is 0.471. The molecule has 1 saturated heterocycles. The van der Waals surface area contributed by atoms with Crippen molar-refractivity contribution in [3.05, 3.63) is 35.9 Å². The summed E-state index contributed by atoms with van der Waals surface area (Å²) >= 11 is 0. The molecule has 22 heavy (non-hydrogen) atoms. The number of fused-ring (bicyclic) bond motifs is 1. The molecule has 0 bridgehead atoms.